The fraction of sp³-hybridized carbons (Fsp3) is 0.286. The molecule has 0 amide bonds. The predicted molar refractivity (Wildman–Crippen MR) is 77.2 cm³/mol. The SMILES string of the molecule is OOSCCNC(=S)Nc1cc(=S)[nH]c(=S)[nH]1. The zero-order valence-electron chi connectivity index (χ0n) is 8.48. The largest absolute Gasteiger partial charge is 0.361 e. The summed E-state index contributed by atoms with van der Waals surface area (Å²) in [7, 11) is 0. The van der Waals surface area contributed by atoms with Crippen molar-refractivity contribution in [3.05, 3.63) is 15.5 Å². The Morgan fingerprint density at radius 2 is 2.24 bits per heavy atom. The minimum absolute atomic E-state index is 0.423. The lowest BCUT2D eigenvalue weighted by molar-refractivity contribution is -0.116. The van der Waals surface area contributed by atoms with Crippen molar-refractivity contribution in [2.24, 2.45) is 0 Å². The third kappa shape index (κ3) is 6.10. The van der Waals surface area contributed by atoms with Crippen LogP contribution in [-0.4, -0.2) is 32.6 Å². The van der Waals surface area contributed by atoms with Crippen molar-refractivity contribution >= 4 is 59.6 Å². The molecule has 0 radical (unpaired) electrons. The Labute approximate surface area is 117 Å². The molecule has 0 bridgehead atoms. The summed E-state index contributed by atoms with van der Waals surface area (Å²) in [5, 5.41) is 14.3. The summed E-state index contributed by atoms with van der Waals surface area (Å²) in [6.45, 7) is 0.553. The first kappa shape index (κ1) is 14.5. The average molecular weight is 310 g/mol. The maximum absolute atomic E-state index is 8.08. The number of nitrogens with one attached hydrogen (secondary N) is 4. The van der Waals surface area contributed by atoms with E-state index in [1.54, 1.807) is 6.07 Å². The summed E-state index contributed by atoms with van der Waals surface area (Å²) >= 11 is 15.9. The van der Waals surface area contributed by atoms with E-state index >= 15 is 0 Å². The highest BCUT2D eigenvalue weighted by Gasteiger charge is 1.98. The first-order valence-electron chi connectivity index (χ1n) is 4.43. The minimum Gasteiger partial charge on any atom is -0.361 e. The maximum atomic E-state index is 8.08. The van der Waals surface area contributed by atoms with Gasteiger partial charge in [-0.2, -0.15) is 4.33 Å². The molecule has 17 heavy (non-hydrogen) atoms. The van der Waals surface area contributed by atoms with E-state index < -0.39 is 0 Å². The second kappa shape index (κ2) is 7.74. The Morgan fingerprint density at radius 3 is 2.88 bits per heavy atom. The third-order valence-corrected chi connectivity index (χ3v) is 2.68. The van der Waals surface area contributed by atoms with Crippen molar-refractivity contribution in [2.75, 3.05) is 17.6 Å². The highest BCUT2D eigenvalue weighted by molar-refractivity contribution is 7.94. The average Bonchev–Trinajstić information content (AvgIpc) is 2.23. The molecule has 0 unspecified atom stereocenters. The highest BCUT2D eigenvalue weighted by Crippen LogP contribution is 2.01. The number of aromatic amines is 2. The van der Waals surface area contributed by atoms with Crippen LogP contribution in [-0.2, 0) is 4.33 Å². The van der Waals surface area contributed by atoms with Crippen molar-refractivity contribution in [1.29, 1.82) is 0 Å². The minimum atomic E-state index is 0.423. The number of rotatable bonds is 5. The van der Waals surface area contributed by atoms with Gasteiger partial charge in [0.15, 0.2) is 9.88 Å². The Bertz CT molecular complexity index is 457. The molecule has 0 aromatic carbocycles. The molecule has 1 aromatic rings. The number of hydrogen-bond acceptors (Lipinski definition) is 6. The molecule has 0 aliphatic carbocycles. The number of thiocarbonyl (C=S) groups is 1. The molecule has 0 atom stereocenters. The van der Waals surface area contributed by atoms with Gasteiger partial charge in [0.05, 0.1) is 0 Å². The summed E-state index contributed by atoms with van der Waals surface area (Å²) in [6.07, 6.45) is 0. The van der Waals surface area contributed by atoms with E-state index in [1.807, 2.05) is 0 Å². The van der Waals surface area contributed by atoms with Gasteiger partial charge >= 0.3 is 0 Å². The monoisotopic (exact) mass is 310 g/mol. The van der Waals surface area contributed by atoms with Crippen LogP contribution in [0.4, 0.5) is 5.82 Å². The lowest BCUT2D eigenvalue weighted by atomic mass is 10.6. The molecule has 6 nitrogen and oxygen atoms in total. The molecule has 0 aliphatic rings. The molecule has 10 heteroatoms. The van der Waals surface area contributed by atoms with Gasteiger partial charge < -0.3 is 20.6 Å². The fourth-order valence-electron chi connectivity index (χ4n) is 0.946. The second-order valence-corrected chi connectivity index (χ2v) is 4.83. The van der Waals surface area contributed by atoms with Gasteiger partial charge in [0.25, 0.3) is 0 Å². The summed E-state index contributed by atoms with van der Waals surface area (Å²) in [5.41, 5.74) is 0. The Balaban J connectivity index is 2.45. The van der Waals surface area contributed by atoms with Crippen LogP contribution in [0.15, 0.2) is 6.07 Å². The number of aromatic nitrogens is 2. The van der Waals surface area contributed by atoms with Gasteiger partial charge in [0, 0.05) is 30.4 Å². The normalized spacial score (nSPS) is 9.94. The Kier molecular flexibility index (Phi) is 6.62. The van der Waals surface area contributed by atoms with E-state index in [0.717, 1.165) is 12.0 Å². The molecule has 0 spiro atoms. The molecular formula is C7H10N4O2S4. The fourth-order valence-corrected chi connectivity index (χ4v) is 1.92. The first-order chi connectivity index (χ1) is 8.11. The number of anilines is 1. The van der Waals surface area contributed by atoms with Crippen LogP contribution >= 0.6 is 48.7 Å². The third-order valence-electron chi connectivity index (χ3n) is 1.53. The smallest absolute Gasteiger partial charge is 0.177 e. The van der Waals surface area contributed by atoms with E-state index in [-0.39, 0.29) is 0 Å². The van der Waals surface area contributed by atoms with Crippen LogP contribution in [0.3, 0.4) is 0 Å². The van der Waals surface area contributed by atoms with Crippen LogP contribution in [0.5, 0.6) is 0 Å². The van der Waals surface area contributed by atoms with Crippen molar-refractivity contribution in [3.8, 4) is 0 Å². The first-order valence-corrected chi connectivity index (χ1v) is 6.57. The van der Waals surface area contributed by atoms with E-state index in [0.29, 0.717) is 32.6 Å². The van der Waals surface area contributed by atoms with Crippen LogP contribution in [0.25, 0.3) is 0 Å². The molecule has 1 heterocycles. The van der Waals surface area contributed by atoms with Crippen molar-refractivity contribution in [3.63, 3.8) is 0 Å². The Morgan fingerprint density at radius 1 is 1.47 bits per heavy atom. The van der Waals surface area contributed by atoms with E-state index in [4.69, 9.17) is 41.9 Å². The van der Waals surface area contributed by atoms with Gasteiger partial charge in [-0.25, -0.2) is 5.26 Å². The molecule has 94 valence electrons. The summed E-state index contributed by atoms with van der Waals surface area (Å²) < 4.78 is 4.79. The van der Waals surface area contributed by atoms with Crippen molar-refractivity contribution in [1.82, 2.24) is 15.3 Å². The maximum Gasteiger partial charge on any atom is 0.177 e. The van der Waals surface area contributed by atoms with Crippen molar-refractivity contribution in [2.45, 2.75) is 0 Å². The number of H-pyrrole nitrogens is 2. The van der Waals surface area contributed by atoms with E-state index in [2.05, 4.69) is 24.9 Å². The van der Waals surface area contributed by atoms with Crippen LogP contribution in [0, 0.1) is 9.41 Å². The van der Waals surface area contributed by atoms with Crippen LogP contribution < -0.4 is 10.6 Å². The van der Waals surface area contributed by atoms with Gasteiger partial charge in [-0.1, -0.05) is 12.2 Å². The molecule has 1 rings (SSSR count). The van der Waals surface area contributed by atoms with Crippen molar-refractivity contribution < 1.29 is 9.59 Å². The topological polar surface area (TPSA) is 85.1 Å². The van der Waals surface area contributed by atoms with Gasteiger partial charge in [-0.3, -0.25) is 0 Å². The lowest BCUT2D eigenvalue weighted by Gasteiger charge is -2.09. The molecular weight excluding hydrogens is 300 g/mol. The standard InChI is InChI=1S/C7H10N4O2S4/c12-13-17-2-1-8-6(15)9-4-3-5(14)11-7(16)10-4/h3,12H,1-2H2,(H4,8,9,10,11,14,15,16). The quantitative estimate of drug-likeness (QED) is 0.186. The highest BCUT2D eigenvalue weighted by atomic mass is 32.2. The van der Waals surface area contributed by atoms with Gasteiger partial charge in [-0.05, 0) is 24.4 Å². The molecule has 1 aromatic heterocycles. The molecule has 0 fully saturated rings. The van der Waals surface area contributed by atoms with Crippen LogP contribution in [0.1, 0.15) is 0 Å². The molecule has 5 N–H and O–H groups in total. The molecule has 0 saturated carbocycles. The van der Waals surface area contributed by atoms with Gasteiger partial charge in [-0.15, -0.1) is 0 Å². The zero-order chi connectivity index (χ0) is 12.7. The zero-order valence-corrected chi connectivity index (χ0v) is 11.7. The van der Waals surface area contributed by atoms with Gasteiger partial charge in [0.1, 0.15) is 10.5 Å². The van der Waals surface area contributed by atoms with E-state index in [9.17, 15) is 0 Å². The molecule has 0 aliphatic heterocycles. The summed E-state index contributed by atoms with van der Waals surface area (Å²) in [6, 6.07) is 1.67. The van der Waals surface area contributed by atoms with E-state index in [1.165, 1.54) is 0 Å². The summed E-state index contributed by atoms with van der Waals surface area (Å²) in [5.74, 6) is 1.17. The predicted octanol–water partition coefficient (Wildman–Crippen LogP) is 2.23. The number of hydrogen-bond donors (Lipinski definition) is 5. The summed E-state index contributed by atoms with van der Waals surface area (Å²) in [4.78, 5) is 5.63. The van der Waals surface area contributed by atoms with Crippen LogP contribution in [0.2, 0.25) is 0 Å². The second-order valence-electron chi connectivity index (χ2n) is 2.78. The van der Waals surface area contributed by atoms with Gasteiger partial charge in [0.2, 0.25) is 0 Å². The molecule has 0 saturated heterocycles. The lowest BCUT2D eigenvalue weighted by Crippen LogP contribution is -2.30. The Hall–Kier alpha value is -0.520.